The topological polar surface area (TPSA) is 47.9 Å². The first-order chi connectivity index (χ1) is 10.2. The molecule has 0 spiro atoms. The summed E-state index contributed by atoms with van der Waals surface area (Å²) >= 11 is 0. The summed E-state index contributed by atoms with van der Waals surface area (Å²) < 4.78 is 29.8. The van der Waals surface area contributed by atoms with Crippen LogP contribution in [-0.2, 0) is 0 Å². The minimum atomic E-state index is -0.987. The minimum Gasteiger partial charge on any atom is -0.494 e. The Balaban J connectivity index is 1.80. The fraction of sp³-hybridized carbons (Fsp3) is 0.250. The Morgan fingerprint density at radius 1 is 1.24 bits per heavy atom. The molecule has 1 N–H and O–H groups in total. The number of halogens is 1. The van der Waals surface area contributed by atoms with Gasteiger partial charge in [0.05, 0.1) is 7.11 Å². The van der Waals surface area contributed by atoms with E-state index < -0.39 is 18.0 Å². The van der Waals surface area contributed by atoms with Gasteiger partial charge in [0.25, 0.3) is 0 Å². The summed E-state index contributed by atoms with van der Waals surface area (Å²) in [5, 5.41) is 10.3. The molecule has 3 rings (SSSR count). The Morgan fingerprint density at radius 2 is 2.00 bits per heavy atom. The molecular weight excluding hydrogens is 275 g/mol. The van der Waals surface area contributed by atoms with Gasteiger partial charge in [-0.3, -0.25) is 0 Å². The van der Waals surface area contributed by atoms with Crippen LogP contribution in [0, 0.1) is 5.82 Å². The van der Waals surface area contributed by atoms with Gasteiger partial charge in [-0.15, -0.1) is 0 Å². The molecule has 1 aliphatic heterocycles. The van der Waals surface area contributed by atoms with Gasteiger partial charge in [0, 0.05) is 0 Å². The van der Waals surface area contributed by atoms with Crippen LogP contribution < -0.4 is 14.2 Å². The molecule has 110 valence electrons. The lowest BCUT2D eigenvalue weighted by Gasteiger charge is -2.29. The van der Waals surface area contributed by atoms with Crippen molar-refractivity contribution in [3.05, 3.63) is 53.8 Å². The van der Waals surface area contributed by atoms with Crippen molar-refractivity contribution >= 4 is 0 Å². The molecule has 2 aromatic rings. The molecule has 5 heteroatoms. The molecule has 1 aliphatic rings. The monoisotopic (exact) mass is 290 g/mol. The zero-order chi connectivity index (χ0) is 14.8. The van der Waals surface area contributed by atoms with E-state index >= 15 is 0 Å². The fourth-order valence-electron chi connectivity index (χ4n) is 2.27. The van der Waals surface area contributed by atoms with Crippen molar-refractivity contribution in [2.24, 2.45) is 0 Å². The normalized spacial score (nSPS) is 18.1. The van der Waals surface area contributed by atoms with E-state index in [1.165, 1.54) is 19.2 Å². The highest BCUT2D eigenvalue weighted by molar-refractivity contribution is 5.41. The van der Waals surface area contributed by atoms with Gasteiger partial charge in [0.1, 0.15) is 12.7 Å². The van der Waals surface area contributed by atoms with Crippen LogP contribution in [0.2, 0.25) is 0 Å². The highest BCUT2D eigenvalue weighted by Crippen LogP contribution is 2.34. The van der Waals surface area contributed by atoms with Crippen molar-refractivity contribution in [1.82, 2.24) is 0 Å². The first-order valence-corrected chi connectivity index (χ1v) is 6.59. The predicted octanol–water partition coefficient (Wildman–Crippen LogP) is 2.71. The number of aliphatic hydroxyl groups is 1. The number of hydrogen-bond donors (Lipinski definition) is 1. The zero-order valence-corrected chi connectivity index (χ0v) is 11.5. The van der Waals surface area contributed by atoms with Crippen molar-refractivity contribution in [1.29, 1.82) is 0 Å². The average Bonchev–Trinajstić information content (AvgIpc) is 2.53. The van der Waals surface area contributed by atoms with E-state index in [4.69, 9.17) is 14.2 Å². The van der Waals surface area contributed by atoms with E-state index in [2.05, 4.69) is 0 Å². The van der Waals surface area contributed by atoms with Crippen LogP contribution in [0.15, 0.2) is 42.5 Å². The summed E-state index contributed by atoms with van der Waals surface area (Å²) in [7, 11) is 1.39. The molecule has 0 aliphatic carbocycles. The lowest BCUT2D eigenvalue weighted by atomic mass is 10.0. The number of aliphatic hydroxyl groups excluding tert-OH is 1. The summed E-state index contributed by atoms with van der Waals surface area (Å²) in [4.78, 5) is 0. The molecule has 2 aromatic carbocycles. The number of methoxy groups -OCH3 is 1. The smallest absolute Gasteiger partial charge is 0.165 e. The van der Waals surface area contributed by atoms with Crippen LogP contribution in [-0.4, -0.2) is 24.9 Å². The Hall–Kier alpha value is -2.27. The molecule has 1 heterocycles. The second-order valence-corrected chi connectivity index (χ2v) is 4.75. The Labute approximate surface area is 121 Å². The molecule has 2 unspecified atom stereocenters. The summed E-state index contributed by atoms with van der Waals surface area (Å²) in [6.07, 6.45) is -1.58. The largest absolute Gasteiger partial charge is 0.494 e. The molecule has 0 fully saturated rings. The molecule has 4 nitrogen and oxygen atoms in total. The van der Waals surface area contributed by atoms with E-state index in [0.717, 1.165) is 0 Å². The molecular formula is C16H15FO4. The third-order valence-electron chi connectivity index (χ3n) is 3.40. The van der Waals surface area contributed by atoms with Gasteiger partial charge in [0.2, 0.25) is 0 Å². The number of benzene rings is 2. The fourth-order valence-corrected chi connectivity index (χ4v) is 2.27. The van der Waals surface area contributed by atoms with Crippen LogP contribution in [0.25, 0.3) is 0 Å². The summed E-state index contributed by atoms with van der Waals surface area (Å²) in [5.41, 5.74) is 0.418. The van der Waals surface area contributed by atoms with Crippen molar-refractivity contribution < 1.29 is 23.7 Å². The number of rotatable bonds is 3. The van der Waals surface area contributed by atoms with E-state index in [0.29, 0.717) is 17.1 Å². The van der Waals surface area contributed by atoms with Gasteiger partial charge in [-0.05, 0) is 29.8 Å². The average molecular weight is 290 g/mol. The van der Waals surface area contributed by atoms with Crippen molar-refractivity contribution in [3.63, 3.8) is 0 Å². The Bertz CT molecular complexity index is 644. The van der Waals surface area contributed by atoms with Gasteiger partial charge in [0.15, 0.2) is 29.2 Å². The minimum absolute atomic E-state index is 0.136. The number of fused-ring (bicyclic) bond motifs is 1. The molecule has 0 aromatic heterocycles. The lowest BCUT2D eigenvalue weighted by Crippen LogP contribution is -2.34. The highest BCUT2D eigenvalue weighted by atomic mass is 19.1. The lowest BCUT2D eigenvalue weighted by molar-refractivity contribution is -0.0114. The number of hydrogen-bond acceptors (Lipinski definition) is 4. The third-order valence-corrected chi connectivity index (χ3v) is 3.40. The van der Waals surface area contributed by atoms with Crippen LogP contribution in [0.1, 0.15) is 11.7 Å². The second-order valence-electron chi connectivity index (χ2n) is 4.75. The molecule has 21 heavy (non-hydrogen) atoms. The standard InChI is InChI=1S/C16H15FO4/c1-19-12-7-6-10(8-11(12)17)16(18)15-9-20-13-4-2-3-5-14(13)21-15/h2-8,15-16,18H,9H2,1H3. The van der Waals surface area contributed by atoms with Crippen molar-refractivity contribution in [3.8, 4) is 17.2 Å². The van der Waals surface area contributed by atoms with Crippen molar-refractivity contribution in [2.75, 3.05) is 13.7 Å². The molecule has 0 saturated heterocycles. The maximum Gasteiger partial charge on any atom is 0.165 e. The van der Waals surface area contributed by atoms with Crippen LogP contribution in [0.4, 0.5) is 4.39 Å². The van der Waals surface area contributed by atoms with Gasteiger partial charge < -0.3 is 19.3 Å². The van der Waals surface area contributed by atoms with Crippen molar-refractivity contribution in [2.45, 2.75) is 12.2 Å². The highest BCUT2D eigenvalue weighted by Gasteiger charge is 2.29. The molecule has 0 amide bonds. The number of para-hydroxylation sites is 2. The van der Waals surface area contributed by atoms with E-state index in [9.17, 15) is 9.50 Å². The quantitative estimate of drug-likeness (QED) is 0.944. The third kappa shape index (κ3) is 2.64. The zero-order valence-electron chi connectivity index (χ0n) is 11.5. The van der Waals surface area contributed by atoms with Gasteiger partial charge in [-0.2, -0.15) is 0 Å². The maximum absolute atomic E-state index is 13.7. The van der Waals surface area contributed by atoms with Gasteiger partial charge in [-0.1, -0.05) is 18.2 Å². The first-order valence-electron chi connectivity index (χ1n) is 6.59. The second kappa shape index (κ2) is 5.61. The Morgan fingerprint density at radius 3 is 2.71 bits per heavy atom. The predicted molar refractivity (Wildman–Crippen MR) is 74.3 cm³/mol. The summed E-state index contributed by atoms with van der Waals surface area (Å²) in [6, 6.07) is 11.6. The Kier molecular flexibility index (Phi) is 3.66. The first kappa shape index (κ1) is 13.7. The van der Waals surface area contributed by atoms with Crippen LogP contribution in [0.5, 0.6) is 17.2 Å². The van der Waals surface area contributed by atoms with Crippen LogP contribution in [0.3, 0.4) is 0 Å². The summed E-state index contributed by atoms with van der Waals surface area (Å²) in [5.74, 6) is 0.826. The molecule has 0 radical (unpaired) electrons. The summed E-state index contributed by atoms with van der Waals surface area (Å²) in [6.45, 7) is 0.200. The number of ether oxygens (including phenoxy) is 3. The molecule has 2 atom stereocenters. The van der Waals surface area contributed by atoms with Gasteiger partial charge >= 0.3 is 0 Å². The van der Waals surface area contributed by atoms with Gasteiger partial charge in [-0.25, -0.2) is 4.39 Å². The van der Waals surface area contributed by atoms with E-state index in [1.54, 1.807) is 18.2 Å². The van der Waals surface area contributed by atoms with Crippen LogP contribution >= 0.6 is 0 Å². The molecule has 0 saturated carbocycles. The maximum atomic E-state index is 13.7. The SMILES string of the molecule is COc1ccc(C(O)C2COc3ccccc3O2)cc1F. The van der Waals surface area contributed by atoms with E-state index in [-0.39, 0.29) is 12.4 Å². The molecule has 0 bridgehead atoms. The van der Waals surface area contributed by atoms with E-state index in [1.807, 2.05) is 12.1 Å².